The van der Waals surface area contributed by atoms with Crippen molar-refractivity contribution in [2.45, 2.75) is 13.3 Å². The van der Waals surface area contributed by atoms with E-state index >= 15 is 0 Å². The third kappa shape index (κ3) is 827. The van der Waals surface area contributed by atoms with Gasteiger partial charge in [0.1, 0.15) is 0 Å². The number of hydrogen-bond acceptors (Lipinski definition) is 0. The van der Waals surface area contributed by atoms with Gasteiger partial charge in [0, 0.05) is 0 Å². The van der Waals surface area contributed by atoms with Gasteiger partial charge in [-0.05, 0) is 6.42 Å². The molecule has 0 aromatic rings. The molecule has 0 saturated heterocycles. The molecule has 0 nitrogen and oxygen atoms in total. The fraction of sp³-hybridized carbons (Fsp3) is 0.286. The highest BCUT2D eigenvalue weighted by Crippen LogP contribution is 1.66. The fourth-order valence-electron chi connectivity index (χ4n) is 0. The summed E-state index contributed by atoms with van der Waals surface area (Å²) in [6.45, 7) is 11.8. The average Bonchev–Trinajstić information content (AvgIpc) is 1.69. The van der Waals surface area contributed by atoms with Gasteiger partial charge in [0.2, 0.25) is 0 Å². The topological polar surface area (TPSA) is 0 Å². The third-order valence-electron chi connectivity index (χ3n) is 0.289. The molecule has 0 fully saturated rings. The minimum atomic E-state index is 1.08. The molecule has 0 aliphatic rings. The molecule has 0 N–H and O–H groups in total. The second-order valence-electron chi connectivity index (χ2n) is 0.947. The molecule has 0 atom stereocenters. The lowest BCUT2D eigenvalue weighted by atomic mass is 10.5. The Balaban J connectivity index is 0. The van der Waals surface area contributed by atoms with Crippen LogP contribution in [0.1, 0.15) is 13.3 Å². The van der Waals surface area contributed by atoms with E-state index in [1.54, 1.807) is 0 Å². The molecule has 0 bridgehead atoms. The van der Waals surface area contributed by atoms with Crippen LogP contribution >= 0.6 is 0 Å². The van der Waals surface area contributed by atoms with Gasteiger partial charge in [0.25, 0.3) is 0 Å². The van der Waals surface area contributed by atoms with Crippen LogP contribution in [-0.4, -0.2) is 0 Å². The predicted octanol–water partition coefficient (Wildman–Crippen LogP) is 2.54. The van der Waals surface area contributed by atoms with E-state index in [0.29, 0.717) is 0 Å². The smallest absolute Gasteiger partial charge is 0.0382 e. The first-order valence-corrected chi connectivity index (χ1v) is 2.23. The van der Waals surface area contributed by atoms with Gasteiger partial charge in [-0.3, -0.25) is 0 Å². The van der Waals surface area contributed by atoms with Gasteiger partial charge in [-0.2, -0.15) is 0 Å². The molecule has 0 radical (unpaired) electrons. The van der Waals surface area contributed by atoms with E-state index in [4.69, 9.17) is 0 Å². The van der Waals surface area contributed by atoms with Gasteiger partial charge >= 0.3 is 0 Å². The molecule has 0 aromatic carbocycles. The largest absolute Gasteiger partial charge is 0.137 e. The van der Waals surface area contributed by atoms with Gasteiger partial charge < -0.3 is 0 Å². The molecule has 0 saturated carbocycles. The van der Waals surface area contributed by atoms with Crippen LogP contribution < -0.4 is 0 Å². The van der Waals surface area contributed by atoms with Gasteiger partial charge in [0.05, 0.1) is 0 Å². The summed E-state index contributed by atoms with van der Waals surface area (Å²) in [5.74, 6) is 0. The van der Waals surface area contributed by atoms with Crippen LogP contribution in [-0.2, 0) is 0 Å². The lowest BCUT2D eigenvalue weighted by Crippen LogP contribution is -1.36. The van der Waals surface area contributed by atoms with Crippen molar-refractivity contribution in [3.63, 3.8) is 0 Å². The summed E-state index contributed by atoms with van der Waals surface area (Å²) in [6.07, 6.45) is 2.96. The Morgan fingerprint density at radius 1 is 1.57 bits per heavy atom. The second-order valence-corrected chi connectivity index (χ2v) is 0.947. The van der Waals surface area contributed by atoms with Crippen molar-refractivity contribution < 1.29 is 0 Å². The normalized spacial score (nSPS) is 4.71. The Morgan fingerprint density at radius 3 is 1.71 bits per heavy atom. The summed E-state index contributed by atoms with van der Waals surface area (Å²) in [4.78, 5) is 0. The van der Waals surface area contributed by atoms with Crippen LogP contribution in [0.5, 0.6) is 0 Å². The van der Waals surface area contributed by atoms with Crippen LogP contribution in [0.4, 0.5) is 0 Å². The summed E-state index contributed by atoms with van der Waals surface area (Å²) in [5, 5.41) is 0. The Morgan fingerprint density at radius 2 is 1.71 bits per heavy atom. The maximum absolute atomic E-state index is 3.48. The van der Waals surface area contributed by atoms with Crippen LogP contribution in [0, 0.1) is 0 Å². The first kappa shape index (κ1) is 9.54. The highest BCUT2D eigenvalue weighted by molar-refractivity contribution is 4.60. The van der Waals surface area contributed by atoms with E-state index in [2.05, 4.69) is 32.4 Å². The van der Waals surface area contributed by atoms with Gasteiger partial charge in [-0.15, -0.1) is 12.3 Å². The quantitative estimate of drug-likeness (QED) is 0.347. The van der Waals surface area contributed by atoms with Crippen molar-refractivity contribution in [3.05, 3.63) is 31.5 Å². The zero-order valence-electron chi connectivity index (χ0n) is 4.91. The van der Waals surface area contributed by atoms with Crippen LogP contribution in [0.3, 0.4) is 0 Å². The zero-order valence-corrected chi connectivity index (χ0v) is 4.91. The van der Waals surface area contributed by atoms with E-state index in [-0.39, 0.29) is 0 Å². The standard InChI is InChI=1S/C4H8.C3H4/c1-3-4-2;1-3-2/h3H,1,4H2,2H3;1-2H2. The molecule has 40 valence electrons. The van der Waals surface area contributed by atoms with Crippen molar-refractivity contribution in [1.82, 2.24) is 0 Å². The van der Waals surface area contributed by atoms with Gasteiger partial charge in [-0.1, -0.05) is 26.2 Å². The number of hydrogen-bond donors (Lipinski definition) is 0. The Labute approximate surface area is 45.9 Å². The van der Waals surface area contributed by atoms with E-state index in [9.17, 15) is 0 Å². The average molecular weight is 96.2 g/mol. The fourth-order valence-corrected chi connectivity index (χ4v) is 0. The van der Waals surface area contributed by atoms with E-state index in [1.807, 2.05) is 6.08 Å². The first-order valence-electron chi connectivity index (χ1n) is 2.23. The molecule has 0 spiro atoms. The molecule has 0 heterocycles. The summed E-state index contributed by atoms with van der Waals surface area (Å²) in [5.41, 5.74) is 2.25. The minimum absolute atomic E-state index is 1.08. The van der Waals surface area contributed by atoms with E-state index in [0.717, 1.165) is 6.42 Å². The molecule has 0 aliphatic carbocycles. The number of rotatable bonds is 1. The van der Waals surface area contributed by atoms with Crippen molar-refractivity contribution in [2.24, 2.45) is 0 Å². The Bertz CT molecular complexity index is 54.4. The molecule has 0 rings (SSSR count). The Hall–Kier alpha value is -0.740. The highest BCUT2D eigenvalue weighted by atomic mass is 13.5. The van der Waals surface area contributed by atoms with Crippen LogP contribution in [0.15, 0.2) is 31.5 Å². The van der Waals surface area contributed by atoms with Crippen molar-refractivity contribution in [2.75, 3.05) is 0 Å². The lowest BCUT2D eigenvalue weighted by Gasteiger charge is -1.57. The molecule has 7 heavy (non-hydrogen) atoms. The van der Waals surface area contributed by atoms with Crippen LogP contribution in [0.2, 0.25) is 0 Å². The second kappa shape index (κ2) is 18.7. The highest BCUT2D eigenvalue weighted by Gasteiger charge is 1.45. The molecule has 0 aliphatic heterocycles. The Kier molecular flexibility index (Phi) is 25.5. The summed E-state index contributed by atoms with van der Waals surface area (Å²) in [7, 11) is 0. The summed E-state index contributed by atoms with van der Waals surface area (Å²) < 4.78 is 0. The van der Waals surface area contributed by atoms with Crippen molar-refractivity contribution in [3.8, 4) is 0 Å². The third-order valence-corrected chi connectivity index (χ3v) is 0.289. The summed E-state index contributed by atoms with van der Waals surface area (Å²) in [6, 6.07) is 0. The van der Waals surface area contributed by atoms with E-state index in [1.165, 1.54) is 0 Å². The maximum Gasteiger partial charge on any atom is -0.0382 e. The van der Waals surface area contributed by atoms with Gasteiger partial charge in [0.15, 0.2) is 0 Å². The molecule has 0 aromatic heterocycles. The zero-order chi connectivity index (χ0) is 6.12. The lowest BCUT2D eigenvalue weighted by molar-refractivity contribution is 1.23. The SMILES string of the molecule is C=C=C.C=CCC. The molecule has 0 unspecified atom stereocenters. The molecular weight excluding hydrogens is 84.1 g/mol. The first-order chi connectivity index (χ1) is 3.33. The van der Waals surface area contributed by atoms with E-state index < -0.39 is 0 Å². The summed E-state index contributed by atoms with van der Waals surface area (Å²) >= 11 is 0. The van der Waals surface area contributed by atoms with Crippen LogP contribution in [0.25, 0.3) is 0 Å². The van der Waals surface area contributed by atoms with Crippen molar-refractivity contribution >= 4 is 0 Å². The molecular formula is C7H12. The minimum Gasteiger partial charge on any atom is -0.137 e. The molecule has 0 amide bonds. The van der Waals surface area contributed by atoms with Crippen molar-refractivity contribution in [1.29, 1.82) is 0 Å². The molecule has 0 heteroatoms. The maximum atomic E-state index is 3.48. The number of allylic oxidation sites excluding steroid dienone is 1. The predicted molar refractivity (Wildman–Crippen MR) is 35.3 cm³/mol. The van der Waals surface area contributed by atoms with Gasteiger partial charge in [-0.25, -0.2) is 0 Å². The monoisotopic (exact) mass is 96.1 g/mol.